The van der Waals surface area contributed by atoms with Gasteiger partial charge in [0.2, 0.25) is 0 Å². The van der Waals surface area contributed by atoms with E-state index in [2.05, 4.69) is 0 Å². The van der Waals surface area contributed by atoms with Crippen LogP contribution in [0.1, 0.15) is 44.5 Å². The molecule has 2 aliphatic rings. The van der Waals surface area contributed by atoms with Crippen LogP contribution in [0, 0.1) is 16.7 Å². The molecule has 0 bridgehead atoms. The van der Waals surface area contributed by atoms with Crippen LogP contribution in [-0.4, -0.2) is 29.9 Å². The number of rotatable bonds is 5. The van der Waals surface area contributed by atoms with Crippen molar-refractivity contribution in [3.05, 3.63) is 35.9 Å². The van der Waals surface area contributed by atoms with E-state index in [1.165, 1.54) is 0 Å². The van der Waals surface area contributed by atoms with Crippen LogP contribution in [0.15, 0.2) is 30.3 Å². The first-order chi connectivity index (χ1) is 11.3. The standard InChI is InChI=1S/C19H22O5/c1-5-18(13(20)12-10-8-7-9-11-12)14-17(3,4)24-16(22)19(14,18)15(21)23-6-2/h7-11,14H,5-6H2,1-4H3/t14-,18-,19-/m0/s1. The molecule has 0 amide bonds. The van der Waals surface area contributed by atoms with Gasteiger partial charge in [-0.3, -0.25) is 14.4 Å². The highest BCUT2D eigenvalue weighted by Gasteiger charge is 2.95. The number of carbonyl (C=O) groups excluding carboxylic acids is 3. The first-order valence-corrected chi connectivity index (χ1v) is 8.31. The van der Waals surface area contributed by atoms with Crippen LogP contribution >= 0.6 is 0 Å². The average Bonchev–Trinajstić information content (AvgIpc) is 3.15. The fourth-order valence-electron chi connectivity index (χ4n) is 4.76. The number of ketones is 1. The molecule has 1 saturated heterocycles. The van der Waals surface area contributed by atoms with E-state index in [0.29, 0.717) is 12.0 Å². The van der Waals surface area contributed by atoms with Gasteiger partial charge in [0, 0.05) is 11.5 Å². The van der Waals surface area contributed by atoms with Gasteiger partial charge in [-0.2, -0.15) is 0 Å². The van der Waals surface area contributed by atoms with Crippen LogP contribution in [-0.2, 0) is 19.1 Å². The number of esters is 2. The SMILES string of the molecule is CCOC(=O)[C@]12C(=O)OC(C)(C)[C@H]1[C@]2(CC)C(=O)c1ccccc1. The highest BCUT2D eigenvalue weighted by Crippen LogP contribution is 2.80. The van der Waals surface area contributed by atoms with Gasteiger partial charge in [0.25, 0.3) is 0 Å². The molecule has 1 aliphatic heterocycles. The predicted octanol–water partition coefficient (Wildman–Crippen LogP) is 2.78. The molecule has 0 unspecified atom stereocenters. The fourth-order valence-corrected chi connectivity index (χ4v) is 4.76. The zero-order valence-corrected chi connectivity index (χ0v) is 14.4. The second-order valence-electron chi connectivity index (χ2n) is 6.97. The second kappa shape index (κ2) is 5.16. The van der Waals surface area contributed by atoms with Crippen LogP contribution in [0.25, 0.3) is 0 Å². The van der Waals surface area contributed by atoms with Gasteiger partial charge in [0.05, 0.1) is 12.0 Å². The predicted molar refractivity (Wildman–Crippen MR) is 86.2 cm³/mol. The second-order valence-corrected chi connectivity index (χ2v) is 6.97. The average molecular weight is 330 g/mol. The molecule has 1 heterocycles. The normalized spacial score (nSPS) is 32.7. The molecule has 24 heavy (non-hydrogen) atoms. The summed E-state index contributed by atoms with van der Waals surface area (Å²) < 4.78 is 10.6. The molecule has 0 aromatic heterocycles. The third kappa shape index (κ3) is 1.73. The minimum Gasteiger partial charge on any atom is -0.465 e. The molecule has 5 nitrogen and oxygen atoms in total. The fraction of sp³-hybridized carbons (Fsp3) is 0.526. The van der Waals surface area contributed by atoms with E-state index < -0.39 is 34.3 Å². The topological polar surface area (TPSA) is 69.7 Å². The number of carbonyl (C=O) groups is 3. The summed E-state index contributed by atoms with van der Waals surface area (Å²) in [5.41, 5.74) is -3.00. The first kappa shape index (κ1) is 16.7. The van der Waals surface area contributed by atoms with Gasteiger partial charge in [-0.05, 0) is 27.2 Å². The van der Waals surface area contributed by atoms with Crippen molar-refractivity contribution in [2.45, 2.75) is 39.7 Å². The maximum atomic E-state index is 13.3. The number of hydrogen-bond donors (Lipinski definition) is 0. The molecule has 5 heteroatoms. The highest BCUT2D eigenvalue weighted by molar-refractivity contribution is 6.19. The molecule has 3 rings (SSSR count). The molecular weight excluding hydrogens is 308 g/mol. The van der Waals surface area contributed by atoms with Crippen molar-refractivity contribution in [2.75, 3.05) is 6.61 Å². The van der Waals surface area contributed by atoms with Crippen molar-refractivity contribution in [3.8, 4) is 0 Å². The Morgan fingerprint density at radius 1 is 1.17 bits per heavy atom. The lowest BCUT2D eigenvalue weighted by atomic mass is 9.81. The Balaban J connectivity index is 2.15. The highest BCUT2D eigenvalue weighted by atomic mass is 16.6. The summed E-state index contributed by atoms with van der Waals surface area (Å²) in [5.74, 6) is -1.98. The van der Waals surface area contributed by atoms with Gasteiger partial charge in [0.1, 0.15) is 5.60 Å². The lowest BCUT2D eigenvalue weighted by Crippen LogP contribution is -2.40. The zero-order chi connectivity index (χ0) is 17.8. The van der Waals surface area contributed by atoms with Crippen molar-refractivity contribution in [3.63, 3.8) is 0 Å². The quantitative estimate of drug-likeness (QED) is 0.472. The summed E-state index contributed by atoms with van der Waals surface area (Å²) >= 11 is 0. The van der Waals surface area contributed by atoms with Crippen LogP contribution in [0.5, 0.6) is 0 Å². The van der Waals surface area contributed by atoms with E-state index in [1.54, 1.807) is 45.0 Å². The maximum Gasteiger partial charge on any atom is 0.325 e. The largest absolute Gasteiger partial charge is 0.465 e. The minimum atomic E-state index is -1.52. The first-order valence-electron chi connectivity index (χ1n) is 8.31. The molecule has 0 radical (unpaired) electrons. The summed E-state index contributed by atoms with van der Waals surface area (Å²) in [5, 5.41) is 0. The Morgan fingerprint density at radius 2 is 1.79 bits per heavy atom. The molecule has 3 atom stereocenters. The van der Waals surface area contributed by atoms with Crippen molar-refractivity contribution in [1.82, 2.24) is 0 Å². The van der Waals surface area contributed by atoms with E-state index >= 15 is 0 Å². The molecule has 1 saturated carbocycles. The number of fused-ring (bicyclic) bond motifs is 1. The smallest absolute Gasteiger partial charge is 0.325 e. The van der Waals surface area contributed by atoms with Crippen molar-refractivity contribution in [1.29, 1.82) is 0 Å². The number of benzene rings is 1. The molecule has 128 valence electrons. The van der Waals surface area contributed by atoms with Crippen molar-refractivity contribution >= 4 is 17.7 Å². The molecule has 0 spiro atoms. The molecule has 1 aromatic rings. The lowest BCUT2D eigenvalue weighted by molar-refractivity contribution is -0.166. The van der Waals surface area contributed by atoms with Crippen molar-refractivity contribution < 1.29 is 23.9 Å². The van der Waals surface area contributed by atoms with Gasteiger partial charge >= 0.3 is 11.9 Å². The Bertz CT molecular complexity index is 708. The zero-order valence-electron chi connectivity index (χ0n) is 14.4. The van der Waals surface area contributed by atoms with E-state index in [9.17, 15) is 14.4 Å². The van der Waals surface area contributed by atoms with Crippen LogP contribution < -0.4 is 0 Å². The molecule has 1 aliphatic carbocycles. The summed E-state index contributed by atoms with van der Waals surface area (Å²) in [6.45, 7) is 7.19. The lowest BCUT2D eigenvalue weighted by Gasteiger charge is -2.28. The summed E-state index contributed by atoms with van der Waals surface area (Å²) in [6.07, 6.45) is 0.378. The van der Waals surface area contributed by atoms with Gasteiger partial charge in [-0.25, -0.2) is 0 Å². The number of Topliss-reactive ketones (excluding diaryl/α,β-unsaturated/α-hetero) is 1. The van der Waals surface area contributed by atoms with E-state index in [4.69, 9.17) is 9.47 Å². The Morgan fingerprint density at radius 3 is 2.33 bits per heavy atom. The third-order valence-electron chi connectivity index (χ3n) is 5.52. The van der Waals surface area contributed by atoms with Crippen LogP contribution in [0.3, 0.4) is 0 Å². The summed E-state index contributed by atoms with van der Waals surface area (Å²) in [7, 11) is 0. The third-order valence-corrected chi connectivity index (χ3v) is 5.52. The van der Waals surface area contributed by atoms with Crippen LogP contribution in [0.2, 0.25) is 0 Å². The van der Waals surface area contributed by atoms with Gasteiger partial charge in [-0.1, -0.05) is 37.3 Å². The molecule has 1 aromatic carbocycles. The maximum absolute atomic E-state index is 13.3. The monoisotopic (exact) mass is 330 g/mol. The molecule has 2 fully saturated rings. The van der Waals surface area contributed by atoms with Crippen LogP contribution in [0.4, 0.5) is 0 Å². The van der Waals surface area contributed by atoms with E-state index in [0.717, 1.165) is 0 Å². The Hall–Kier alpha value is -2.17. The number of cyclic esters (lactones) is 1. The van der Waals surface area contributed by atoms with E-state index in [1.807, 2.05) is 13.0 Å². The van der Waals surface area contributed by atoms with Gasteiger partial charge in [0.15, 0.2) is 11.2 Å². The minimum absolute atomic E-state index is 0.153. The number of ether oxygens (including phenoxy) is 2. The summed E-state index contributed by atoms with van der Waals surface area (Å²) in [4.78, 5) is 38.8. The van der Waals surface area contributed by atoms with Gasteiger partial charge in [-0.15, -0.1) is 0 Å². The molecule has 0 N–H and O–H groups in total. The van der Waals surface area contributed by atoms with E-state index in [-0.39, 0.29) is 12.4 Å². The Labute approximate surface area is 141 Å². The molecular formula is C19H22O5. The summed E-state index contributed by atoms with van der Waals surface area (Å²) in [6, 6.07) is 8.79. The van der Waals surface area contributed by atoms with Gasteiger partial charge < -0.3 is 9.47 Å². The number of hydrogen-bond acceptors (Lipinski definition) is 5. The Kier molecular flexibility index (Phi) is 3.59. The van der Waals surface area contributed by atoms with Crippen molar-refractivity contribution in [2.24, 2.45) is 16.7 Å².